The molecule has 3 atom stereocenters. The molecule has 17 heavy (non-hydrogen) atoms. The summed E-state index contributed by atoms with van der Waals surface area (Å²) in [5.41, 5.74) is 0. The van der Waals surface area contributed by atoms with Crippen LogP contribution < -0.4 is 0 Å². The fourth-order valence-corrected chi connectivity index (χ4v) is 2.36. The summed E-state index contributed by atoms with van der Waals surface area (Å²) >= 11 is 1.91. The van der Waals surface area contributed by atoms with Crippen LogP contribution in [0.3, 0.4) is 0 Å². The molecule has 1 aliphatic rings. The van der Waals surface area contributed by atoms with Crippen LogP contribution in [0, 0.1) is 5.92 Å². The van der Waals surface area contributed by atoms with Gasteiger partial charge in [-0.1, -0.05) is 0 Å². The van der Waals surface area contributed by atoms with Crippen molar-refractivity contribution in [2.75, 3.05) is 13.7 Å². The minimum atomic E-state index is -0.467. The van der Waals surface area contributed by atoms with Gasteiger partial charge in [0.05, 0.1) is 0 Å². The summed E-state index contributed by atoms with van der Waals surface area (Å²) in [6, 6.07) is -0.431. The van der Waals surface area contributed by atoms with E-state index in [0.717, 1.165) is 6.42 Å². The normalized spacial score (nSPS) is 25.6. The first-order chi connectivity index (χ1) is 8.04. The van der Waals surface area contributed by atoms with Gasteiger partial charge in [0.25, 0.3) is 0 Å². The number of nitrogens with zero attached hydrogens (tertiary/aromatic N) is 2. The predicted octanol–water partition coefficient (Wildman–Crippen LogP) is 0.905. The second-order valence-electron chi connectivity index (χ2n) is 4.31. The molecule has 1 fully saturated rings. The first-order valence-corrected chi connectivity index (χ1v) is 6.73. The predicted molar refractivity (Wildman–Crippen MR) is 57.8 cm³/mol. The van der Waals surface area contributed by atoms with Crippen molar-refractivity contribution in [3.8, 4) is 0 Å². The molecular formula is C11H18N2O3Pt. The second-order valence-corrected chi connectivity index (χ2v) is 4.90. The number of likely N-dealkylation sites (tertiary alicyclic amines) is 1. The Labute approximate surface area is 113 Å². The van der Waals surface area contributed by atoms with Gasteiger partial charge in [0, 0.05) is 0 Å². The van der Waals surface area contributed by atoms with Crippen LogP contribution in [0.25, 0.3) is 0 Å². The molecule has 5 nitrogen and oxygen atoms in total. The van der Waals surface area contributed by atoms with Gasteiger partial charge in [-0.05, 0) is 0 Å². The van der Waals surface area contributed by atoms with Crippen LogP contribution in [0.2, 0.25) is 0 Å². The zero-order valence-corrected chi connectivity index (χ0v) is 12.6. The minimum absolute atomic E-state index is 0.0192. The molecule has 0 aromatic rings. The van der Waals surface area contributed by atoms with Crippen molar-refractivity contribution in [3.05, 3.63) is 0 Å². The topological polar surface area (TPSA) is 59.0 Å². The molecule has 0 aromatic heterocycles. The molecule has 3 unspecified atom stereocenters. The summed E-state index contributed by atoms with van der Waals surface area (Å²) in [5, 5.41) is 0. The maximum absolute atomic E-state index is 12.1. The number of methoxy groups -OCH3 is 1. The molecule has 0 spiro atoms. The number of ether oxygens (including phenoxy) is 1. The van der Waals surface area contributed by atoms with Gasteiger partial charge in [-0.15, -0.1) is 0 Å². The van der Waals surface area contributed by atoms with Crippen molar-refractivity contribution in [1.29, 1.82) is 0 Å². The molecule has 0 aliphatic carbocycles. The second kappa shape index (κ2) is 6.38. The van der Waals surface area contributed by atoms with Crippen molar-refractivity contribution in [1.82, 2.24) is 4.90 Å². The Morgan fingerprint density at radius 2 is 2.24 bits per heavy atom. The average molecular weight is 421 g/mol. The van der Waals surface area contributed by atoms with Gasteiger partial charge in [-0.25, -0.2) is 0 Å². The Morgan fingerprint density at radius 1 is 1.59 bits per heavy atom. The molecule has 1 aliphatic heterocycles. The van der Waals surface area contributed by atoms with Gasteiger partial charge >= 0.3 is 113 Å². The quantitative estimate of drug-likeness (QED) is 0.634. The van der Waals surface area contributed by atoms with Crippen LogP contribution in [0.15, 0.2) is 3.50 Å². The first-order valence-electron chi connectivity index (χ1n) is 5.71. The van der Waals surface area contributed by atoms with Crippen LogP contribution in [-0.2, 0) is 34.0 Å². The molecule has 1 amide bonds. The number of esters is 1. The standard InChI is InChI=1S/C11H18N2O3.Pt/c1-4-7(2)10(14)13-6-8(12)5-9(13)11(15)16-3;/h7-9H,4-6H2,1-3H3;. The molecule has 0 N–H and O–H groups in total. The van der Waals surface area contributed by atoms with Crippen molar-refractivity contribution in [2.45, 2.75) is 38.8 Å². The van der Waals surface area contributed by atoms with E-state index in [1.165, 1.54) is 7.11 Å². The first kappa shape index (κ1) is 14.5. The Bertz CT molecular complexity index is 322. The molecule has 0 aromatic carbocycles. The Balaban J connectivity index is 2.83. The SMILES string of the molecule is CCC(C)C(=O)N1CC([N]=[Pt])CC1C(=O)OC. The molecule has 1 saturated heterocycles. The molecule has 100 valence electrons. The van der Waals surface area contributed by atoms with E-state index in [2.05, 4.69) is 3.50 Å². The van der Waals surface area contributed by atoms with E-state index in [9.17, 15) is 9.59 Å². The van der Waals surface area contributed by atoms with Crippen LogP contribution >= 0.6 is 0 Å². The Morgan fingerprint density at radius 3 is 2.71 bits per heavy atom. The zero-order valence-electron chi connectivity index (χ0n) is 10.3. The van der Waals surface area contributed by atoms with Gasteiger partial charge in [-0.2, -0.15) is 0 Å². The van der Waals surface area contributed by atoms with Gasteiger partial charge < -0.3 is 0 Å². The number of rotatable bonds is 4. The summed E-state index contributed by atoms with van der Waals surface area (Å²) in [6.45, 7) is 4.36. The van der Waals surface area contributed by atoms with Crippen LogP contribution in [0.1, 0.15) is 26.7 Å². The Hall–Kier alpha value is -0.572. The van der Waals surface area contributed by atoms with Crippen LogP contribution in [0.4, 0.5) is 0 Å². The Kier molecular flexibility index (Phi) is 5.44. The van der Waals surface area contributed by atoms with Gasteiger partial charge in [0.1, 0.15) is 0 Å². The van der Waals surface area contributed by atoms with E-state index in [-0.39, 0.29) is 23.8 Å². The van der Waals surface area contributed by atoms with Gasteiger partial charge in [0.2, 0.25) is 0 Å². The third-order valence-corrected chi connectivity index (χ3v) is 4.01. The molecule has 0 radical (unpaired) electrons. The number of hydrogen-bond acceptors (Lipinski definition) is 4. The zero-order chi connectivity index (χ0) is 13.0. The summed E-state index contributed by atoms with van der Waals surface area (Å²) < 4.78 is 8.89. The number of carbonyl (C=O) groups is 2. The van der Waals surface area contributed by atoms with Crippen molar-refractivity contribution in [2.24, 2.45) is 9.41 Å². The van der Waals surface area contributed by atoms with E-state index in [1.807, 2.05) is 33.5 Å². The summed E-state index contributed by atoms with van der Waals surface area (Å²) in [7, 11) is 1.35. The van der Waals surface area contributed by atoms with Crippen molar-refractivity contribution < 1.29 is 34.0 Å². The fraction of sp³-hybridized carbons (Fsp3) is 0.818. The van der Waals surface area contributed by atoms with Crippen molar-refractivity contribution in [3.63, 3.8) is 0 Å². The number of hydrogen-bond donors (Lipinski definition) is 0. The average Bonchev–Trinajstić information content (AvgIpc) is 2.79. The van der Waals surface area contributed by atoms with E-state index >= 15 is 0 Å². The third kappa shape index (κ3) is 3.21. The molecule has 1 heterocycles. The molecular weight excluding hydrogens is 403 g/mol. The van der Waals surface area contributed by atoms with Crippen LogP contribution in [0.5, 0.6) is 0 Å². The molecule has 6 heteroatoms. The van der Waals surface area contributed by atoms with E-state index in [4.69, 9.17) is 4.74 Å². The van der Waals surface area contributed by atoms with Gasteiger partial charge in [0.15, 0.2) is 0 Å². The molecule has 1 rings (SSSR count). The third-order valence-electron chi connectivity index (χ3n) is 3.18. The van der Waals surface area contributed by atoms with Gasteiger partial charge in [-0.3, -0.25) is 0 Å². The monoisotopic (exact) mass is 421 g/mol. The summed E-state index contributed by atoms with van der Waals surface area (Å²) in [4.78, 5) is 25.4. The molecule has 0 bridgehead atoms. The molecule has 0 saturated carbocycles. The maximum atomic E-state index is 12.1. The number of amides is 1. The fourth-order valence-electron chi connectivity index (χ4n) is 1.93. The number of carbonyl (C=O) groups excluding carboxylic acids is 2. The van der Waals surface area contributed by atoms with E-state index < -0.39 is 6.04 Å². The van der Waals surface area contributed by atoms with Crippen LogP contribution in [-0.4, -0.2) is 42.5 Å². The van der Waals surface area contributed by atoms with Crippen molar-refractivity contribution >= 4 is 11.9 Å². The summed E-state index contributed by atoms with van der Waals surface area (Å²) in [6.07, 6.45) is 1.34. The summed E-state index contributed by atoms with van der Waals surface area (Å²) in [5.74, 6) is -0.384. The van der Waals surface area contributed by atoms with E-state index in [0.29, 0.717) is 13.0 Å². The van der Waals surface area contributed by atoms with E-state index in [1.54, 1.807) is 4.90 Å².